The number of nitrogens with zero attached hydrogens (tertiary/aromatic N) is 2. The molecule has 0 bridgehead atoms. The van der Waals surface area contributed by atoms with Crippen LogP contribution in [0.25, 0.3) is 0 Å². The van der Waals surface area contributed by atoms with Crippen LogP contribution in [0.15, 0.2) is 24.3 Å². The molecule has 0 aromatic heterocycles. The number of amides is 1. The van der Waals surface area contributed by atoms with Crippen molar-refractivity contribution in [3.8, 4) is 5.75 Å². The highest BCUT2D eigenvalue weighted by Gasteiger charge is 2.28. The van der Waals surface area contributed by atoms with Crippen LogP contribution in [0.5, 0.6) is 5.75 Å². The van der Waals surface area contributed by atoms with E-state index in [1.165, 1.54) is 25.7 Å². The average molecular weight is 288 g/mol. The maximum atomic E-state index is 12.6. The molecule has 0 spiro atoms. The quantitative estimate of drug-likeness (QED) is 0.856. The molecule has 4 nitrogen and oxygen atoms in total. The van der Waals surface area contributed by atoms with Crippen molar-refractivity contribution in [3.05, 3.63) is 29.8 Å². The van der Waals surface area contributed by atoms with Gasteiger partial charge in [0.1, 0.15) is 5.75 Å². The Morgan fingerprint density at radius 1 is 1.10 bits per heavy atom. The van der Waals surface area contributed by atoms with Gasteiger partial charge in [0.2, 0.25) is 0 Å². The SMILES string of the molecule is COc1ccccc1C(=O)N1CCN(C2CCCC2)CC1. The van der Waals surface area contributed by atoms with Crippen molar-refractivity contribution in [1.29, 1.82) is 0 Å². The van der Waals surface area contributed by atoms with E-state index in [0.29, 0.717) is 11.3 Å². The summed E-state index contributed by atoms with van der Waals surface area (Å²) in [5.41, 5.74) is 0.675. The fourth-order valence-electron chi connectivity index (χ4n) is 3.55. The average Bonchev–Trinajstić information content (AvgIpc) is 3.09. The van der Waals surface area contributed by atoms with Crippen LogP contribution in [0.2, 0.25) is 0 Å². The van der Waals surface area contributed by atoms with Crippen molar-refractivity contribution in [2.75, 3.05) is 33.3 Å². The van der Waals surface area contributed by atoms with Crippen molar-refractivity contribution in [2.45, 2.75) is 31.7 Å². The Morgan fingerprint density at radius 3 is 2.43 bits per heavy atom. The highest BCUT2D eigenvalue weighted by atomic mass is 16.5. The van der Waals surface area contributed by atoms with Crippen LogP contribution in [0.4, 0.5) is 0 Å². The van der Waals surface area contributed by atoms with E-state index in [1.807, 2.05) is 29.2 Å². The molecular formula is C17H24N2O2. The molecule has 0 unspecified atom stereocenters. The van der Waals surface area contributed by atoms with E-state index in [9.17, 15) is 4.79 Å². The fraction of sp³-hybridized carbons (Fsp3) is 0.588. The van der Waals surface area contributed by atoms with Gasteiger partial charge in [0.25, 0.3) is 5.91 Å². The first-order valence-electron chi connectivity index (χ1n) is 7.96. The number of piperazine rings is 1. The van der Waals surface area contributed by atoms with E-state index in [4.69, 9.17) is 4.74 Å². The number of ether oxygens (including phenoxy) is 1. The van der Waals surface area contributed by atoms with Gasteiger partial charge in [-0.3, -0.25) is 9.69 Å². The summed E-state index contributed by atoms with van der Waals surface area (Å²) in [4.78, 5) is 17.2. The van der Waals surface area contributed by atoms with Gasteiger partial charge >= 0.3 is 0 Å². The normalized spacial score (nSPS) is 20.7. The number of hydrogen-bond acceptors (Lipinski definition) is 3. The van der Waals surface area contributed by atoms with Crippen molar-refractivity contribution in [3.63, 3.8) is 0 Å². The maximum absolute atomic E-state index is 12.6. The lowest BCUT2D eigenvalue weighted by Gasteiger charge is -2.38. The first kappa shape index (κ1) is 14.4. The number of benzene rings is 1. The van der Waals surface area contributed by atoms with E-state index in [0.717, 1.165) is 32.2 Å². The summed E-state index contributed by atoms with van der Waals surface area (Å²) < 4.78 is 5.30. The third kappa shape index (κ3) is 3.05. The summed E-state index contributed by atoms with van der Waals surface area (Å²) >= 11 is 0. The first-order chi connectivity index (χ1) is 10.3. The van der Waals surface area contributed by atoms with E-state index < -0.39 is 0 Å². The Morgan fingerprint density at radius 2 is 1.76 bits per heavy atom. The highest BCUT2D eigenvalue weighted by Crippen LogP contribution is 2.25. The molecule has 1 heterocycles. The van der Waals surface area contributed by atoms with Crippen LogP contribution in [0, 0.1) is 0 Å². The van der Waals surface area contributed by atoms with Crippen LogP contribution >= 0.6 is 0 Å². The summed E-state index contributed by atoms with van der Waals surface area (Å²) in [6.45, 7) is 3.66. The summed E-state index contributed by atoms with van der Waals surface area (Å²) in [5, 5.41) is 0. The molecule has 3 rings (SSSR count). The minimum atomic E-state index is 0.0959. The smallest absolute Gasteiger partial charge is 0.257 e. The van der Waals surface area contributed by atoms with Gasteiger partial charge in [-0.05, 0) is 25.0 Å². The predicted octanol–water partition coefficient (Wildman–Crippen LogP) is 2.40. The first-order valence-corrected chi connectivity index (χ1v) is 7.96. The lowest BCUT2D eigenvalue weighted by atomic mass is 10.1. The van der Waals surface area contributed by atoms with Crippen LogP contribution in [0.1, 0.15) is 36.0 Å². The molecule has 1 amide bonds. The van der Waals surface area contributed by atoms with Crippen molar-refractivity contribution in [1.82, 2.24) is 9.80 Å². The Bertz CT molecular complexity index is 489. The maximum Gasteiger partial charge on any atom is 0.257 e. The van der Waals surface area contributed by atoms with Gasteiger partial charge in [0.15, 0.2) is 0 Å². The van der Waals surface area contributed by atoms with Gasteiger partial charge in [0, 0.05) is 32.2 Å². The van der Waals surface area contributed by atoms with Gasteiger partial charge in [-0.1, -0.05) is 25.0 Å². The molecule has 0 radical (unpaired) electrons. The number of carbonyl (C=O) groups is 1. The van der Waals surface area contributed by atoms with E-state index in [-0.39, 0.29) is 5.91 Å². The van der Waals surface area contributed by atoms with Crippen LogP contribution < -0.4 is 4.74 Å². The topological polar surface area (TPSA) is 32.8 Å². The minimum absolute atomic E-state index is 0.0959. The Balaban J connectivity index is 1.62. The lowest BCUT2D eigenvalue weighted by molar-refractivity contribution is 0.0570. The van der Waals surface area contributed by atoms with Gasteiger partial charge < -0.3 is 9.64 Å². The van der Waals surface area contributed by atoms with Gasteiger partial charge in [-0.15, -0.1) is 0 Å². The van der Waals surface area contributed by atoms with Gasteiger partial charge in [-0.25, -0.2) is 0 Å². The molecule has 0 atom stereocenters. The molecule has 2 fully saturated rings. The molecule has 1 aromatic carbocycles. The number of methoxy groups -OCH3 is 1. The van der Waals surface area contributed by atoms with Gasteiger partial charge in [-0.2, -0.15) is 0 Å². The monoisotopic (exact) mass is 288 g/mol. The summed E-state index contributed by atoms with van der Waals surface area (Å²) in [5.74, 6) is 0.763. The lowest BCUT2D eigenvalue weighted by Crippen LogP contribution is -2.51. The van der Waals surface area contributed by atoms with E-state index >= 15 is 0 Å². The van der Waals surface area contributed by atoms with Gasteiger partial charge in [0.05, 0.1) is 12.7 Å². The summed E-state index contributed by atoms with van der Waals surface area (Å²) in [6.07, 6.45) is 5.40. The summed E-state index contributed by atoms with van der Waals surface area (Å²) in [7, 11) is 1.62. The molecule has 1 aliphatic carbocycles. The zero-order valence-electron chi connectivity index (χ0n) is 12.8. The molecule has 114 valence electrons. The molecule has 1 saturated heterocycles. The second kappa shape index (κ2) is 6.48. The predicted molar refractivity (Wildman–Crippen MR) is 82.7 cm³/mol. The summed E-state index contributed by atoms with van der Waals surface area (Å²) in [6, 6.07) is 8.25. The van der Waals surface area contributed by atoms with Crippen LogP contribution in [0.3, 0.4) is 0 Å². The van der Waals surface area contributed by atoms with E-state index in [1.54, 1.807) is 7.11 Å². The van der Waals surface area contributed by atoms with Crippen molar-refractivity contribution < 1.29 is 9.53 Å². The number of rotatable bonds is 3. The second-order valence-electron chi connectivity index (χ2n) is 5.97. The molecule has 21 heavy (non-hydrogen) atoms. The van der Waals surface area contributed by atoms with Crippen molar-refractivity contribution in [2.24, 2.45) is 0 Å². The molecule has 1 aliphatic heterocycles. The second-order valence-corrected chi connectivity index (χ2v) is 5.97. The van der Waals surface area contributed by atoms with Crippen LogP contribution in [-0.2, 0) is 0 Å². The van der Waals surface area contributed by atoms with E-state index in [2.05, 4.69) is 4.90 Å². The molecule has 1 aromatic rings. The number of carbonyl (C=O) groups excluding carboxylic acids is 1. The van der Waals surface area contributed by atoms with Crippen molar-refractivity contribution >= 4 is 5.91 Å². The molecule has 4 heteroatoms. The zero-order valence-corrected chi connectivity index (χ0v) is 12.8. The fourth-order valence-corrected chi connectivity index (χ4v) is 3.55. The Labute approximate surface area is 126 Å². The highest BCUT2D eigenvalue weighted by molar-refractivity contribution is 5.97. The Hall–Kier alpha value is -1.55. The Kier molecular flexibility index (Phi) is 4.44. The molecular weight excluding hydrogens is 264 g/mol. The zero-order chi connectivity index (χ0) is 14.7. The molecule has 0 N–H and O–H groups in total. The standard InChI is InChI=1S/C17H24N2O2/c1-21-16-9-5-4-8-15(16)17(20)19-12-10-18(11-13-19)14-6-2-3-7-14/h4-5,8-9,14H,2-3,6-7,10-13H2,1H3. The molecule has 2 aliphatic rings. The number of para-hydroxylation sites is 1. The third-order valence-electron chi connectivity index (χ3n) is 4.78. The number of hydrogen-bond donors (Lipinski definition) is 0. The largest absolute Gasteiger partial charge is 0.496 e. The molecule has 1 saturated carbocycles. The van der Waals surface area contributed by atoms with Crippen LogP contribution in [-0.4, -0.2) is 55.0 Å². The minimum Gasteiger partial charge on any atom is -0.496 e. The third-order valence-corrected chi connectivity index (χ3v) is 4.78.